The Morgan fingerprint density at radius 3 is 2.53 bits per heavy atom. The Balaban J connectivity index is 0.00000256. The molecule has 0 spiro atoms. The molecule has 0 bridgehead atoms. The third-order valence-electron chi connectivity index (χ3n) is 2.31. The lowest BCUT2D eigenvalue weighted by atomic mass is 9.96. The van der Waals surface area contributed by atoms with Gasteiger partial charge in [0.15, 0.2) is 0 Å². The van der Waals surface area contributed by atoms with E-state index >= 15 is 0 Å². The molecule has 1 atom stereocenters. The van der Waals surface area contributed by atoms with Gasteiger partial charge < -0.3 is 5.73 Å². The lowest BCUT2D eigenvalue weighted by Gasteiger charge is -2.14. The normalized spacial score (nSPS) is 12.1. The van der Waals surface area contributed by atoms with Gasteiger partial charge in [0, 0.05) is 11.6 Å². The van der Waals surface area contributed by atoms with Crippen LogP contribution in [0.25, 0.3) is 0 Å². The van der Waals surface area contributed by atoms with Crippen LogP contribution in [0.1, 0.15) is 31.9 Å². The Morgan fingerprint density at radius 2 is 2.06 bits per heavy atom. The lowest BCUT2D eigenvalue weighted by molar-refractivity contribution is -0.385. The van der Waals surface area contributed by atoms with E-state index < -0.39 is 16.8 Å². The Morgan fingerprint density at radius 1 is 1.47 bits per heavy atom. The summed E-state index contributed by atoms with van der Waals surface area (Å²) in [7, 11) is 0. The highest BCUT2D eigenvalue weighted by atomic mass is 35.5. The number of benzene rings is 1. The Kier molecular flexibility index (Phi) is 6.05. The molecular formula is C11H16ClFN2O2. The molecule has 0 saturated heterocycles. The van der Waals surface area contributed by atoms with Crippen LogP contribution in [-0.4, -0.2) is 4.92 Å². The molecule has 0 heterocycles. The summed E-state index contributed by atoms with van der Waals surface area (Å²) >= 11 is 0. The molecular weight excluding hydrogens is 247 g/mol. The van der Waals surface area contributed by atoms with Crippen molar-refractivity contribution in [3.63, 3.8) is 0 Å². The molecule has 1 aromatic rings. The first-order chi connectivity index (χ1) is 7.41. The third kappa shape index (κ3) is 4.28. The van der Waals surface area contributed by atoms with Crippen LogP contribution in [0.2, 0.25) is 0 Å². The van der Waals surface area contributed by atoms with E-state index in [0.717, 1.165) is 6.07 Å². The molecule has 0 fully saturated rings. The van der Waals surface area contributed by atoms with Crippen molar-refractivity contribution < 1.29 is 9.31 Å². The topological polar surface area (TPSA) is 69.2 Å². The smallest absolute Gasteiger partial charge is 0.277 e. The van der Waals surface area contributed by atoms with Crippen LogP contribution >= 0.6 is 12.4 Å². The lowest BCUT2D eigenvalue weighted by Crippen LogP contribution is -2.14. The summed E-state index contributed by atoms with van der Waals surface area (Å²) in [6.45, 7) is 3.96. The molecule has 0 radical (unpaired) electrons. The van der Waals surface area contributed by atoms with Crippen LogP contribution in [0.5, 0.6) is 0 Å². The van der Waals surface area contributed by atoms with Crippen LogP contribution in [0.3, 0.4) is 0 Å². The number of nitrogens with zero attached hydrogens (tertiary/aromatic N) is 1. The molecule has 0 saturated carbocycles. The largest absolute Gasteiger partial charge is 0.324 e. The van der Waals surface area contributed by atoms with Crippen LogP contribution in [0, 0.1) is 21.8 Å². The average molecular weight is 263 g/mol. The van der Waals surface area contributed by atoms with Gasteiger partial charge in [-0.05, 0) is 24.5 Å². The SMILES string of the molecule is CC(C)C[C@H](N)c1ccc(F)cc1[N+](=O)[O-].Cl. The summed E-state index contributed by atoms with van der Waals surface area (Å²) in [6.07, 6.45) is 0.631. The first kappa shape index (κ1) is 15.8. The molecule has 0 unspecified atom stereocenters. The fourth-order valence-electron chi connectivity index (χ4n) is 1.62. The van der Waals surface area contributed by atoms with Gasteiger partial charge in [-0.15, -0.1) is 12.4 Å². The fraction of sp³-hybridized carbons (Fsp3) is 0.455. The maximum atomic E-state index is 12.9. The van der Waals surface area contributed by atoms with E-state index in [9.17, 15) is 14.5 Å². The zero-order valence-electron chi connectivity index (χ0n) is 9.72. The standard InChI is InChI=1S/C11H15FN2O2.ClH/c1-7(2)5-10(13)9-4-3-8(12)6-11(9)14(15)16;/h3-4,6-7,10H,5,13H2,1-2H3;1H/t10-;/m0./s1. The summed E-state index contributed by atoms with van der Waals surface area (Å²) in [5, 5.41) is 10.7. The second kappa shape index (κ2) is 6.51. The number of nitro benzene ring substituents is 1. The van der Waals surface area contributed by atoms with Crippen LogP contribution < -0.4 is 5.73 Å². The summed E-state index contributed by atoms with van der Waals surface area (Å²) in [5.74, 6) is -0.285. The van der Waals surface area contributed by atoms with E-state index in [1.807, 2.05) is 13.8 Å². The van der Waals surface area contributed by atoms with Crippen LogP contribution in [0.15, 0.2) is 18.2 Å². The van der Waals surface area contributed by atoms with Gasteiger partial charge in [0.1, 0.15) is 5.82 Å². The second-order valence-corrected chi connectivity index (χ2v) is 4.20. The highest BCUT2D eigenvalue weighted by Crippen LogP contribution is 2.28. The van der Waals surface area contributed by atoms with Crippen molar-refractivity contribution in [1.29, 1.82) is 0 Å². The van der Waals surface area contributed by atoms with E-state index in [-0.39, 0.29) is 18.1 Å². The summed E-state index contributed by atoms with van der Waals surface area (Å²) < 4.78 is 12.9. The van der Waals surface area contributed by atoms with Crippen molar-refractivity contribution in [2.45, 2.75) is 26.3 Å². The minimum absolute atomic E-state index is 0. The van der Waals surface area contributed by atoms with E-state index in [4.69, 9.17) is 5.73 Å². The molecule has 96 valence electrons. The molecule has 1 rings (SSSR count). The minimum atomic E-state index is -0.618. The van der Waals surface area contributed by atoms with Gasteiger partial charge in [-0.1, -0.05) is 13.8 Å². The summed E-state index contributed by atoms with van der Waals surface area (Å²) in [6, 6.07) is 3.07. The molecule has 0 aliphatic heterocycles. The second-order valence-electron chi connectivity index (χ2n) is 4.20. The molecule has 0 aliphatic carbocycles. The number of hydrogen-bond acceptors (Lipinski definition) is 3. The zero-order valence-corrected chi connectivity index (χ0v) is 10.5. The summed E-state index contributed by atoms with van der Waals surface area (Å²) in [5.41, 5.74) is 6.00. The molecule has 0 amide bonds. The summed E-state index contributed by atoms with van der Waals surface area (Å²) in [4.78, 5) is 10.1. The Labute approximate surface area is 106 Å². The van der Waals surface area contributed by atoms with Crippen molar-refractivity contribution >= 4 is 18.1 Å². The first-order valence-corrected chi connectivity index (χ1v) is 5.11. The van der Waals surface area contributed by atoms with E-state index in [1.165, 1.54) is 12.1 Å². The van der Waals surface area contributed by atoms with Gasteiger partial charge in [-0.3, -0.25) is 10.1 Å². The van der Waals surface area contributed by atoms with E-state index in [2.05, 4.69) is 0 Å². The number of nitrogens with two attached hydrogens (primary N) is 1. The maximum Gasteiger partial charge on any atom is 0.277 e. The van der Waals surface area contributed by atoms with Gasteiger partial charge in [0.25, 0.3) is 5.69 Å². The molecule has 17 heavy (non-hydrogen) atoms. The van der Waals surface area contributed by atoms with Crippen molar-refractivity contribution in [3.8, 4) is 0 Å². The fourth-order valence-corrected chi connectivity index (χ4v) is 1.62. The van der Waals surface area contributed by atoms with Gasteiger partial charge in [0.05, 0.1) is 11.0 Å². The molecule has 4 nitrogen and oxygen atoms in total. The minimum Gasteiger partial charge on any atom is -0.324 e. The Hall–Kier alpha value is -1.20. The number of halogens is 2. The molecule has 0 aromatic heterocycles. The van der Waals surface area contributed by atoms with Gasteiger partial charge in [0.2, 0.25) is 0 Å². The molecule has 1 aromatic carbocycles. The molecule has 6 heteroatoms. The molecule has 2 N–H and O–H groups in total. The average Bonchev–Trinajstić information content (AvgIpc) is 2.16. The van der Waals surface area contributed by atoms with Crippen molar-refractivity contribution in [3.05, 3.63) is 39.7 Å². The monoisotopic (exact) mass is 262 g/mol. The van der Waals surface area contributed by atoms with E-state index in [1.54, 1.807) is 0 Å². The van der Waals surface area contributed by atoms with Crippen molar-refractivity contribution in [1.82, 2.24) is 0 Å². The van der Waals surface area contributed by atoms with Crippen LogP contribution in [0.4, 0.5) is 10.1 Å². The van der Waals surface area contributed by atoms with Crippen LogP contribution in [-0.2, 0) is 0 Å². The number of rotatable bonds is 4. The van der Waals surface area contributed by atoms with Gasteiger partial charge in [-0.2, -0.15) is 0 Å². The maximum absolute atomic E-state index is 12.9. The third-order valence-corrected chi connectivity index (χ3v) is 2.31. The highest BCUT2D eigenvalue weighted by molar-refractivity contribution is 5.85. The van der Waals surface area contributed by atoms with Crippen molar-refractivity contribution in [2.75, 3.05) is 0 Å². The Bertz CT molecular complexity index is 399. The van der Waals surface area contributed by atoms with E-state index in [0.29, 0.717) is 17.9 Å². The van der Waals surface area contributed by atoms with Gasteiger partial charge >= 0.3 is 0 Å². The quantitative estimate of drug-likeness (QED) is 0.669. The van der Waals surface area contributed by atoms with Gasteiger partial charge in [-0.25, -0.2) is 4.39 Å². The first-order valence-electron chi connectivity index (χ1n) is 5.11. The predicted molar refractivity (Wildman–Crippen MR) is 66.7 cm³/mol. The number of nitro groups is 1. The predicted octanol–water partition coefficient (Wildman–Crippen LogP) is 3.20. The number of hydrogen-bond donors (Lipinski definition) is 1. The zero-order chi connectivity index (χ0) is 12.3. The molecule has 0 aliphatic rings. The highest BCUT2D eigenvalue weighted by Gasteiger charge is 2.20. The van der Waals surface area contributed by atoms with Crippen molar-refractivity contribution in [2.24, 2.45) is 11.7 Å².